The second-order valence-electron chi connectivity index (χ2n) is 3.66. The van der Waals surface area contributed by atoms with E-state index in [2.05, 4.69) is 65.1 Å². The monoisotopic (exact) mass is 312 g/mol. The summed E-state index contributed by atoms with van der Waals surface area (Å²) in [7, 11) is 0. The molecule has 0 atom stereocenters. The maximum Gasteiger partial charge on any atom is 0.0623 e. The third-order valence-corrected chi connectivity index (χ3v) is 2.87. The van der Waals surface area contributed by atoms with E-state index < -0.39 is 0 Å². The van der Waals surface area contributed by atoms with Gasteiger partial charge in [-0.05, 0) is 41.5 Å². The van der Waals surface area contributed by atoms with Gasteiger partial charge < -0.3 is 0 Å². The summed E-state index contributed by atoms with van der Waals surface area (Å²) in [4.78, 5) is 0. The molecule has 0 unspecified atom stereocenters. The quantitative estimate of drug-likeness (QED) is 0.797. The number of hydrogen-bond donors (Lipinski definition) is 0. The molecule has 0 fully saturated rings. The summed E-state index contributed by atoms with van der Waals surface area (Å²) in [6.45, 7) is 3.08. The molecular formula is C12H13IN2. The fourth-order valence-electron chi connectivity index (χ4n) is 1.57. The van der Waals surface area contributed by atoms with Gasteiger partial charge in [-0.3, -0.25) is 4.68 Å². The lowest BCUT2D eigenvalue weighted by Crippen LogP contribution is -2.01. The predicted octanol–water partition coefficient (Wildman–Crippen LogP) is 3.04. The van der Waals surface area contributed by atoms with Crippen molar-refractivity contribution in [2.75, 3.05) is 0 Å². The Bertz CT molecular complexity index is 448. The topological polar surface area (TPSA) is 17.8 Å². The summed E-state index contributed by atoms with van der Waals surface area (Å²) in [5.41, 5.74) is 2.70. The van der Waals surface area contributed by atoms with Crippen LogP contribution in [-0.2, 0) is 13.0 Å². The number of nitrogens with zero attached hydrogens (tertiary/aromatic N) is 2. The number of aromatic nitrogens is 2. The first-order valence-electron chi connectivity index (χ1n) is 4.97. The van der Waals surface area contributed by atoms with Gasteiger partial charge in [-0.2, -0.15) is 5.10 Å². The average Bonchev–Trinajstić information content (AvgIpc) is 2.62. The van der Waals surface area contributed by atoms with Crippen LogP contribution in [0.25, 0.3) is 0 Å². The Labute approximate surface area is 103 Å². The van der Waals surface area contributed by atoms with Gasteiger partial charge in [0.25, 0.3) is 0 Å². The van der Waals surface area contributed by atoms with E-state index >= 15 is 0 Å². The van der Waals surface area contributed by atoms with E-state index in [0.29, 0.717) is 0 Å². The summed E-state index contributed by atoms with van der Waals surface area (Å²) in [5, 5.41) is 4.26. The lowest BCUT2D eigenvalue weighted by atomic mass is 10.1. The zero-order chi connectivity index (χ0) is 10.7. The van der Waals surface area contributed by atoms with E-state index in [-0.39, 0.29) is 0 Å². The molecule has 15 heavy (non-hydrogen) atoms. The second kappa shape index (κ2) is 4.79. The highest BCUT2D eigenvalue weighted by atomic mass is 127. The van der Waals surface area contributed by atoms with Crippen molar-refractivity contribution >= 4 is 22.6 Å². The van der Waals surface area contributed by atoms with Crippen molar-refractivity contribution in [2.24, 2.45) is 0 Å². The number of rotatable bonds is 3. The minimum absolute atomic E-state index is 0.951. The molecule has 0 saturated heterocycles. The molecule has 0 aliphatic heterocycles. The first-order valence-corrected chi connectivity index (χ1v) is 6.05. The highest BCUT2D eigenvalue weighted by molar-refractivity contribution is 14.1. The van der Waals surface area contributed by atoms with E-state index in [9.17, 15) is 0 Å². The fraction of sp³-hybridized carbons (Fsp3) is 0.250. The number of halogens is 1. The Hall–Kier alpha value is -0.840. The van der Waals surface area contributed by atoms with E-state index in [4.69, 9.17) is 0 Å². The molecule has 2 rings (SSSR count). The Kier molecular flexibility index (Phi) is 3.41. The summed E-state index contributed by atoms with van der Waals surface area (Å²) in [6.07, 6.45) is 4.99. The molecular weight excluding hydrogens is 299 g/mol. The fourth-order valence-corrected chi connectivity index (χ4v) is 2.02. The van der Waals surface area contributed by atoms with Crippen molar-refractivity contribution in [1.82, 2.24) is 9.78 Å². The summed E-state index contributed by atoms with van der Waals surface area (Å²) >= 11 is 2.28. The highest BCUT2D eigenvalue weighted by Gasteiger charge is 1.97. The number of aryl methyl sites for hydroxylation is 3. The van der Waals surface area contributed by atoms with Crippen LogP contribution in [0.3, 0.4) is 0 Å². The normalized spacial score (nSPS) is 10.5. The van der Waals surface area contributed by atoms with Crippen molar-refractivity contribution in [1.29, 1.82) is 0 Å². The molecule has 0 bridgehead atoms. The molecule has 0 amide bonds. The van der Waals surface area contributed by atoms with Gasteiger partial charge in [0, 0.05) is 12.7 Å². The number of hydrogen-bond acceptors (Lipinski definition) is 1. The van der Waals surface area contributed by atoms with E-state index in [0.717, 1.165) is 13.0 Å². The van der Waals surface area contributed by atoms with Crippen molar-refractivity contribution in [3.05, 3.63) is 51.4 Å². The molecule has 2 aromatic rings. The third kappa shape index (κ3) is 3.06. The minimum Gasteiger partial charge on any atom is -0.271 e. The van der Waals surface area contributed by atoms with Crippen LogP contribution in [0.1, 0.15) is 11.1 Å². The molecule has 0 spiro atoms. The van der Waals surface area contributed by atoms with Gasteiger partial charge in [0.05, 0.1) is 9.77 Å². The van der Waals surface area contributed by atoms with Crippen molar-refractivity contribution in [3.63, 3.8) is 0 Å². The Morgan fingerprint density at radius 1 is 1.40 bits per heavy atom. The van der Waals surface area contributed by atoms with Crippen LogP contribution in [0, 0.1) is 10.5 Å². The van der Waals surface area contributed by atoms with Crippen LogP contribution in [0.2, 0.25) is 0 Å². The van der Waals surface area contributed by atoms with Crippen LogP contribution in [0.4, 0.5) is 0 Å². The third-order valence-electron chi connectivity index (χ3n) is 2.31. The summed E-state index contributed by atoms with van der Waals surface area (Å²) < 4.78 is 3.18. The van der Waals surface area contributed by atoms with Crippen LogP contribution >= 0.6 is 22.6 Å². The first-order chi connectivity index (χ1) is 7.24. The maximum absolute atomic E-state index is 4.26. The zero-order valence-corrected chi connectivity index (χ0v) is 10.8. The Morgan fingerprint density at radius 2 is 2.27 bits per heavy atom. The Balaban J connectivity index is 1.99. The lowest BCUT2D eigenvalue weighted by Gasteiger charge is -2.02. The molecule has 3 heteroatoms. The second-order valence-corrected chi connectivity index (χ2v) is 4.91. The van der Waals surface area contributed by atoms with E-state index in [1.54, 1.807) is 0 Å². The number of benzene rings is 1. The molecule has 1 aromatic heterocycles. The molecule has 0 aliphatic carbocycles. The highest BCUT2D eigenvalue weighted by Crippen LogP contribution is 2.07. The van der Waals surface area contributed by atoms with Crippen LogP contribution in [-0.4, -0.2) is 9.78 Å². The van der Waals surface area contributed by atoms with Gasteiger partial charge in [0.15, 0.2) is 0 Å². The minimum atomic E-state index is 0.951. The van der Waals surface area contributed by atoms with Crippen LogP contribution in [0.5, 0.6) is 0 Å². The zero-order valence-electron chi connectivity index (χ0n) is 8.65. The molecule has 1 heterocycles. The van der Waals surface area contributed by atoms with Crippen molar-refractivity contribution in [3.8, 4) is 0 Å². The summed E-state index contributed by atoms with van der Waals surface area (Å²) in [6, 6.07) is 8.63. The van der Waals surface area contributed by atoms with Gasteiger partial charge in [-0.1, -0.05) is 29.8 Å². The SMILES string of the molecule is Cc1cccc(CCn2cc(I)cn2)c1. The van der Waals surface area contributed by atoms with E-state index in [1.807, 2.05) is 10.9 Å². The molecule has 1 aromatic carbocycles. The molecule has 78 valence electrons. The molecule has 0 radical (unpaired) electrons. The van der Waals surface area contributed by atoms with Gasteiger partial charge >= 0.3 is 0 Å². The smallest absolute Gasteiger partial charge is 0.0623 e. The van der Waals surface area contributed by atoms with Gasteiger partial charge in [0.2, 0.25) is 0 Å². The molecule has 0 aliphatic rings. The maximum atomic E-state index is 4.26. The van der Waals surface area contributed by atoms with Gasteiger partial charge in [-0.15, -0.1) is 0 Å². The molecule has 0 saturated carbocycles. The van der Waals surface area contributed by atoms with Crippen molar-refractivity contribution in [2.45, 2.75) is 19.9 Å². The first kappa shape index (κ1) is 10.7. The van der Waals surface area contributed by atoms with Gasteiger partial charge in [0.1, 0.15) is 0 Å². The van der Waals surface area contributed by atoms with Gasteiger partial charge in [-0.25, -0.2) is 0 Å². The van der Waals surface area contributed by atoms with Crippen molar-refractivity contribution < 1.29 is 0 Å². The molecule has 0 N–H and O–H groups in total. The predicted molar refractivity (Wildman–Crippen MR) is 69.8 cm³/mol. The molecule has 2 nitrogen and oxygen atoms in total. The Morgan fingerprint density at radius 3 is 2.93 bits per heavy atom. The standard InChI is InChI=1S/C12H13IN2/c1-10-3-2-4-11(7-10)5-6-15-9-12(13)8-14-15/h2-4,7-9H,5-6H2,1H3. The lowest BCUT2D eigenvalue weighted by molar-refractivity contribution is 0.614. The van der Waals surface area contributed by atoms with Crippen LogP contribution in [0.15, 0.2) is 36.7 Å². The van der Waals surface area contributed by atoms with E-state index in [1.165, 1.54) is 14.7 Å². The largest absolute Gasteiger partial charge is 0.271 e. The van der Waals surface area contributed by atoms with Crippen LogP contribution < -0.4 is 0 Å². The summed E-state index contributed by atoms with van der Waals surface area (Å²) in [5.74, 6) is 0. The average molecular weight is 312 g/mol.